The normalized spacial score (nSPS) is 11.2. The zero-order valence-electron chi connectivity index (χ0n) is 18.8. The van der Waals surface area contributed by atoms with Crippen LogP contribution < -0.4 is 14.8 Å². The molecule has 0 atom stereocenters. The van der Waals surface area contributed by atoms with E-state index < -0.39 is 11.7 Å². The fraction of sp³-hybridized carbons (Fsp3) is 0.154. The molecular weight excluding hydrogens is 459 g/mol. The SMILES string of the molecule is COc1ccccc1OCc1cccc(C(=O)Nc2cnn(Cc3cccc(C(F)(F)F)c3)c2)c1. The first-order valence-corrected chi connectivity index (χ1v) is 10.7. The molecular formula is C26H22F3N3O3. The van der Waals surface area contributed by atoms with Crippen molar-refractivity contribution in [2.75, 3.05) is 12.4 Å². The lowest BCUT2D eigenvalue weighted by Crippen LogP contribution is -2.12. The summed E-state index contributed by atoms with van der Waals surface area (Å²) in [4.78, 5) is 12.7. The predicted octanol–water partition coefficient (Wildman–Crippen LogP) is 5.79. The van der Waals surface area contributed by atoms with Crippen molar-refractivity contribution in [1.29, 1.82) is 0 Å². The standard InChI is InChI=1S/C26H22F3N3O3/c1-34-23-10-2-3-11-24(23)35-17-19-7-4-8-20(12-19)25(33)31-22-14-30-32(16-22)15-18-6-5-9-21(13-18)26(27,28)29/h2-14,16H,15,17H2,1H3,(H,31,33). The molecule has 0 aliphatic rings. The van der Waals surface area contributed by atoms with Crippen molar-refractivity contribution in [3.63, 3.8) is 0 Å². The van der Waals surface area contributed by atoms with Crippen molar-refractivity contribution in [2.45, 2.75) is 19.3 Å². The lowest BCUT2D eigenvalue weighted by Gasteiger charge is -2.11. The summed E-state index contributed by atoms with van der Waals surface area (Å²) >= 11 is 0. The molecule has 0 spiro atoms. The smallest absolute Gasteiger partial charge is 0.416 e. The number of nitrogens with zero attached hydrogens (tertiary/aromatic N) is 2. The van der Waals surface area contributed by atoms with Crippen LogP contribution in [0.3, 0.4) is 0 Å². The van der Waals surface area contributed by atoms with Gasteiger partial charge in [-0.25, -0.2) is 0 Å². The molecule has 0 aliphatic heterocycles. The Bertz CT molecular complexity index is 1320. The number of methoxy groups -OCH3 is 1. The Morgan fingerprint density at radius 1 is 0.971 bits per heavy atom. The first-order chi connectivity index (χ1) is 16.8. The van der Waals surface area contributed by atoms with Crippen molar-refractivity contribution < 1.29 is 27.4 Å². The van der Waals surface area contributed by atoms with Gasteiger partial charge in [-0.1, -0.05) is 36.4 Å². The number of carbonyl (C=O) groups excluding carboxylic acids is 1. The molecule has 0 fully saturated rings. The molecule has 0 aliphatic carbocycles. The Hall–Kier alpha value is -4.27. The average Bonchev–Trinajstić information content (AvgIpc) is 3.29. The van der Waals surface area contributed by atoms with Gasteiger partial charge in [0, 0.05) is 11.8 Å². The van der Waals surface area contributed by atoms with Crippen molar-refractivity contribution in [3.8, 4) is 11.5 Å². The molecule has 0 saturated heterocycles. The zero-order valence-corrected chi connectivity index (χ0v) is 18.8. The third-order valence-corrected chi connectivity index (χ3v) is 5.14. The Kier molecular flexibility index (Phi) is 7.05. The molecule has 1 heterocycles. The fourth-order valence-electron chi connectivity index (χ4n) is 3.45. The van der Waals surface area contributed by atoms with E-state index in [1.54, 1.807) is 49.7 Å². The van der Waals surface area contributed by atoms with Crippen LogP contribution in [0.25, 0.3) is 0 Å². The molecule has 1 aromatic heterocycles. The van der Waals surface area contributed by atoms with Crippen molar-refractivity contribution in [2.24, 2.45) is 0 Å². The number of para-hydroxylation sites is 2. The highest BCUT2D eigenvalue weighted by Crippen LogP contribution is 2.30. The van der Waals surface area contributed by atoms with E-state index in [1.807, 2.05) is 18.2 Å². The maximum absolute atomic E-state index is 12.9. The first-order valence-electron chi connectivity index (χ1n) is 10.7. The number of rotatable bonds is 8. The number of aromatic nitrogens is 2. The van der Waals surface area contributed by atoms with Gasteiger partial charge < -0.3 is 14.8 Å². The quantitative estimate of drug-likeness (QED) is 0.346. The summed E-state index contributed by atoms with van der Waals surface area (Å²) in [6.07, 6.45) is -1.40. The number of hydrogen-bond acceptors (Lipinski definition) is 4. The van der Waals surface area contributed by atoms with Crippen LogP contribution in [-0.4, -0.2) is 22.8 Å². The number of anilines is 1. The molecule has 0 bridgehead atoms. The molecule has 4 rings (SSSR count). The third-order valence-electron chi connectivity index (χ3n) is 5.14. The van der Waals surface area contributed by atoms with Crippen LogP contribution in [0.15, 0.2) is 85.2 Å². The number of halogens is 3. The lowest BCUT2D eigenvalue weighted by molar-refractivity contribution is -0.137. The Morgan fingerprint density at radius 3 is 2.49 bits per heavy atom. The van der Waals surface area contributed by atoms with Crippen LogP contribution in [0, 0.1) is 0 Å². The second-order valence-electron chi connectivity index (χ2n) is 7.72. The topological polar surface area (TPSA) is 65.4 Å². The minimum absolute atomic E-state index is 0.134. The van der Waals surface area contributed by atoms with Crippen LogP contribution in [0.5, 0.6) is 11.5 Å². The highest BCUT2D eigenvalue weighted by atomic mass is 19.4. The van der Waals surface area contributed by atoms with Gasteiger partial charge in [-0.05, 0) is 47.5 Å². The van der Waals surface area contributed by atoms with Gasteiger partial charge in [-0.2, -0.15) is 18.3 Å². The van der Waals surface area contributed by atoms with Gasteiger partial charge >= 0.3 is 6.18 Å². The number of nitrogens with one attached hydrogen (secondary N) is 1. The summed E-state index contributed by atoms with van der Waals surface area (Å²) in [7, 11) is 1.56. The van der Waals surface area contributed by atoms with Gasteiger partial charge in [0.2, 0.25) is 0 Å². The van der Waals surface area contributed by atoms with Gasteiger partial charge in [0.15, 0.2) is 11.5 Å². The summed E-state index contributed by atoms with van der Waals surface area (Å²) in [5.74, 6) is 0.865. The highest BCUT2D eigenvalue weighted by Gasteiger charge is 2.30. The largest absolute Gasteiger partial charge is 0.493 e. The zero-order chi connectivity index (χ0) is 24.8. The summed E-state index contributed by atoms with van der Waals surface area (Å²) < 4.78 is 51.3. The van der Waals surface area contributed by atoms with E-state index in [1.165, 1.54) is 16.9 Å². The number of carbonyl (C=O) groups is 1. The van der Waals surface area contributed by atoms with E-state index in [-0.39, 0.29) is 19.1 Å². The van der Waals surface area contributed by atoms with Gasteiger partial charge in [0.25, 0.3) is 5.91 Å². The van der Waals surface area contributed by atoms with Gasteiger partial charge in [0.05, 0.1) is 31.1 Å². The number of amides is 1. The molecule has 0 unspecified atom stereocenters. The van der Waals surface area contributed by atoms with Crippen molar-refractivity contribution >= 4 is 11.6 Å². The molecule has 35 heavy (non-hydrogen) atoms. The molecule has 1 amide bonds. The van der Waals surface area contributed by atoms with Crippen LogP contribution in [0.2, 0.25) is 0 Å². The van der Waals surface area contributed by atoms with E-state index in [9.17, 15) is 18.0 Å². The fourth-order valence-corrected chi connectivity index (χ4v) is 3.45. The number of ether oxygens (including phenoxy) is 2. The number of benzene rings is 3. The molecule has 9 heteroatoms. The molecule has 180 valence electrons. The van der Waals surface area contributed by atoms with E-state index in [2.05, 4.69) is 10.4 Å². The molecule has 0 saturated carbocycles. The average molecular weight is 481 g/mol. The summed E-state index contributed by atoms with van der Waals surface area (Å²) in [5.41, 5.74) is 1.38. The van der Waals surface area contributed by atoms with Gasteiger partial charge in [-0.3, -0.25) is 9.48 Å². The molecule has 0 radical (unpaired) electrons. The minimum atomic E-state index is -4.41. The maximum Gasteiger partial charge on any atom is 0.416 e. The molecule has 3 aromatic carbocycles. The summed E-state index contributed by atoms with van der Waals surface area (Å²) in [6.45, 7) is 0.381. The lowest BCUT2D eigenvalue weighted by atomic mass is 10.1. The molecule has 4 aromatic rings. The predicted molar refractivity (Wildman–Crippen MR) is 124 cm³/mol. The monoisotopic (exact) mass is 481 g/mol. The molecule has 1 N–H and O–H groups in total. The minimum Gasteiger partial charge on any atom is -0.493 e. The first kappa shape index (κ1) is 23.9. The summed E-state index contributed by atoms with van der Waals surface area (Å²) in [5, 5.41) is 6.89. The van der Waals surface area contributed by atoms with Crippen LogP contribution >= 0.6 is 0 Å². The Labute approximate surface area is 199 Å². The van der Waals surface area contributed by atoms with Crippen LogP contribution in [0.4, 0.5) is 18.9 Å². The second kappa shape index (κ2) is 10.3. The maximum atomic E-state index is 12.9. The van der Waals surface area contributed by atoms with Gasteiger partial charge in [-0.15, -0.1) is 0 Å². The Balaban J connectivity index is 1.38. The van der Waals surface area contributed by atoms with E-state index in [0.29, 0.717) is 28.3 Å². The molecule has 6 nitrogen and oxygen atoms in total. The van der Waals surface area contributed by atoms with Crippen LogP contribution in [0.1, 0.15) is 27.0 Å². The number of alkyl halides is 3. The van der Waals surface area contributed by atoms with E-state index in [0.717, 1.165) is 17.7 Å². The summed E-state index contributed by atoms with van der Waals surface area (Å²) in [6, 6.07) is 19.3. The number of hydrogen-bond donors (Lipinski definition) is 1. The van der Waals surface area contributed by atoms with Gasteiger partial charge in [0.1, 0.15) is 6.61 Å². The highest BCUT2D eigenvalue weighted by molar-refractivity contribution is 6.04. The van der Waals surface area contributed by atoms with Crippen LogP contribution in [-0.2, 0) is 19.3 Å². The van der Waals surface area contributed by atoms with Crippen molar-refractivity contribution in [3.05, 3.63) is 107 Å². The Morgan fingerprint density at radius 2 is 1.71 bits per heavy atom. The van der Waals surface area contributed by atoms with E-state index in [4.69, 9.17) is 9.47 Å². The van der Waals surface area contributed by atoms with E-state index >= 15 is 0 Å². The van der Waals surface area contributed by atoms with Crippen molar-refractivity contribution in [1.82, 2.24) is 9.78 Å². The third kappa shape index (κ3) is 6.20. The second-order valence-corrected chi connectivity index (χ2v) is 7.72.